The summed E-state index contributed by atoms with van der Waals surface area (Å²) in [5.74, 6) is -3.96. The van der Waals surface area contributed by atoms with E-state index in [1.165, 1.54) is 18.2 Å². The van der Waals surface area contributed by atoms with Gasteiger partial charge in [0.15, 0.2) is 0 Å². The van der Waals surface area contributed by atoms with E-state index in [2.05, 4.69) is 5.32 Å². The summed E-state index contributed by atoms with van der Waals surface area (Å²) in [4.78, 5) is 24.8. The Balaban J connectivity index is 1.97. The monoisotopic (exact) mass is 483 g/mol. The third-order valence-electron chi connectivity index (χ3n) is 6.70. The van der Waals surface area contributed by atoms with E-state index in [9.17, 15) is 23.5 Å². The maximum Gasteiger partial charge on any atom is 0.244 e. The maximum absolute atomic E-state index is 13.9. The summed E-state index contributed by atoms with van der Waals surface area (Å²) in [6, 6.07) is 12.7. The summed E-state index contributed by atoms with van der Waals surface area (Å²) < 4.78 is 27.9. The summed E-state index contributed by atoms with van der Waals surface area (Å²) in [6.07, 6.45) is 3.16. The molecule has 0 spiro atoms. The van der Waals surface area contributed by atoms with Crippen molar-refractivity contribution >= 4 is 11.8 Å². The average Bonchev–Trinajstić information content (AvgIpc) is 2.81. The Kier molecular flexibility index (Phi) is 7.87. The normalized spacial score (nSPS) is 19.6. The second-order valence-electron chi connectivity index (χ2n) is 9.52. The lowest BCUT2D eigenvalue weighted by atomic mass is 9.64. The topological polar surface area (TPSA) is 118 Å². The van der Waals surface area contributed by atoms with Gasteiger partial charge in [-0.15, -0.1) is 0 Å². The van der Waals surface area contributed by atoms with E-state index >= 15 is 0 Å². The summed E-state index contributed by atoms with van der Waals surface area (Å²) in [7, 11) is 0. The van der Waals surface area contributed by atoms with Crippen LogP contribution in [0.2, 0.25) is 0 Å². The Hall–Kier alpha value is -3.36. The number of hydrogen-bond acceptors (Lipinski definition) is 4. The molecule has 3 atom stereocenters. The molecule has 0 saturated carbocycles. The molecule has 3 rings (SSSR count). The quantitative estimate of drug-likeness (QED) is 0.416. The molecule has 0 bridgehead atoms. The number of hydrogen-bond donors (Lipinski definition) is 4. The van der Waals surface area contributed by atoms with E-state index in [1.807, 2.05) is 44.2 Å². The fraction of sp³-hybridized carbons (Fsp3) is 0.333. The van der Waals surface area contributed by atoms with Crippen LogP contribution in [-0.4, -0.2) is 29.6 Å². The molecule has 0 saturated heterocycles. The van der Waals surface area contributed by atoms with Gasteiger partial charge < -0.3 is 21.9 Å². The van der Waals surface area contributed by atoms with E-state index in [0.717, 1.165) is 23.8 Å². The molecule has 2 amide bonds. The fourth-order valence-corrected chi connectivity index (χ4v) is 4.65. The number of allylic oxidation sites excluding steroid dienone is 2. The first-order chi connectivity index (χ1) is 16.4. The van der Waals surface area contributed by atoms with Crippen LogP contribution in [0.15, 0.2) is 72.3 Å². The number of halogens is 2. The maximum atomic E-state index is 13.9. The zero-order chi connectivity index (χ0) is 25.8. The number of benzene rings is 2. The van der Waals surface area contributed by atoms with E-state index in [4.69, 9.17) is 11.5 Å². The first-order valence-corrected chi connectivity index (χ1v) is 11.4. The fourth-order valence-electron chi connectivity index (χ4n) is 4.65. The van der Waals surface area contributed by atoms with Crippen LogP contribution in [0.3, 0.4) is 0 Å². The van der Waals surface area contributed by atoms with Crippen LogP contribution in [0.5, 0.6) is 0 Å². The van der Waals surface area contributed by atoms with Crippen LogP contribution in [-0.2, 0) is 21.5 Å². The Morgan fingerprint density at radius 3 is 2.31 bits per heavy atom. The molecule has 0 aliphatic heterocycles. The van der Waals surface area contributed by atoms with Crippen molar-refractivity contribution in [2.24, 2.45) is 22.8 Å². The summed E-state index contributed by atoms with van der Waals surface area (Å²) in [5.41, 5.74) is 10.7. The van der Waals surface area contributed by atoms with Crippen molar-refractivity contribution in [2.45, 2.75) is 38.3 Å². The lowest BCUT2D eigenvalue weighted by Crippen LogP contribution is -2.52. The predicted molar refractivity (Wildman–Crippen MR) is 130 cm³/mol. The van der Waals surface area contributed by atoms with Crippen molar-refractivity contribution in [2.75, 3.05) is 6.54 Å². The summed E-state index contributed by atoms with van der Waals surface area (Å²) >= 11 is 0. The molecule has 0 radical (unpaired) electrons. The van der Waals surface area contributed by atoms with E-state index in [-0.39, 0.29) is 30.5 Å². The standard InChI is InChI=1S/C27H31F2N3O3/c1-26(2,19-8-4-3-5-9-19)32-16-23(33)22(13-17-11-20(28)14-21(29)12-17)27(25(31)35)10-6-7-18(15-27)24(30)34/h3-12,14,22-23,32-33H,13,15-16H2,1-2H3,(H2,30,34)(H2,31,35)/t22-,23+,27?/m1/s1. The van der Waals surface area contributed by atoms with E-state index in [0.29, 0.717) is 0 Å². The third kappa shape index (κ3) is 6.01. The highest BCUT2D eigenvalue weighted by molar-refractivity contribution is 5.95. The van der Waals surface area contributed by atoms with Gasteiger partial charge >= 0.3 is 0 Å². The minimum absolute atomic E-state index is 0.0445. The first kappa shape index (κ1) is 26.2. The highest BCUT2D eigenvalue weighted by Gasteiger charge is 2.47. The number of primary amides is 2. The predicted octanol–water partition coefficient (Wildman–Crippen LogP) is 2.85. The van der Waals surface area contributed by atoms with E-state index < -0.39 is 46.4 Å². The van der Waals surface area contributed by atoms with Crippen molar-refractivity contribution in [3.05, 3.63) is 95.1 Å². The van der Waals surface area contributed by atoms with Crippen LogP contribution in [0.25, 0.3) is 0 Å². The van der Waals surface area contributed by atoms with Crippen LogP contribution in [0.1, 0.15) is 31.4 Å². The molecular formula is C27H31F2N3O3. The minimum atomic E-state index is -1.50. The van der Waals surface area contributed by atoms with Crippen LogP contribution in [0, 0.1) is 23.0 Å². The first-order valence-electron chi connectivity index (χ1n) is 11.4. The molecule has 1 unspecified atom stereocenters. The van der Waals surface area contributed by atoms with Gasteiger partial charge in [0.2, 0.25) is 11.8 Å². The van der Waals surface area contributed by atoms with Crippen LogP contribution >= 0.6 is 0 Å². The average molecular weight is 484 g/mol. The molecular weight excluding hydrogens is 452 g/mol. The smallest absolute Gasteiger partial charge is 0.244 e. The lowest BCUT2D eigenvalue weighted by molar-refractivity contribution is -0.130. The number of carbonyl (C=O) groups excluding carboxylic acids is 2. The van der Waals surface area contributed by atoms with Gasteiger partial charge in [-0.05, 0) is 49.9 Å². The molecule has 0 heterocycles. The molecule has 0 aromatic heterocycles. The summed E-state index contributed by atoms with van der Waals surface area (Å²) in [5, 5.41) is 14.7. The van der Waals surface area contributed by atoms with Crippen LogP contribution in [0.4, 0.5) is 8.78 Å². The zero-order valence-corrected chi connectivity index (χ0v) is 19.8. The van der Waals surface area contributed by atoms with Gasteiger partial charge in [-0.2, -0.15) is 0 Å². The van der Waals surface area contributed by atoms with Gasteiger partial charge in [-0.1, -0.05) is 48.6 Å². The number of rotatable bonds is 10. The number of nitrogens with one attached hydrogen (secondary N) is 1. The van der Waals surface area contributed by atoms with Crippen molar-refractivity contribution in [1.82, 2.24) is 5.32 Å². The number of aliphatic hydroxyl groups excluding tert-OH is 1. The Bertz CT molecular complexity index is 1130. The van der Waals surface area contributed by atoms with Gasteiger partial charge in [0.05, 0.1) is 11.5 Å². The molecule has 2 aromatic rings. The van der Waals surface area contributed by atoms with Gasteiger partial charge in [0, 0.05) is 29.6 Å². The number of amides is 2. The minimum Gasteiger partial charge on any atom is -0.391 e. The van der Waals surface area contributed by atoms with Crippen molar-refractivity contribution in [3.63, 3.8) is 0 Å². The Labute approximate surface area is 203 Å². The van der Waals surface area contributed by atoms with Gasteiger partial charge in [0.25, 0.3) is 0 Å². The molecule has 6 N–H and O–H groups in total. The Morgan fingerprint density at radius 1 is 1.11 bits per heavy atom. The molecule has 2 aromatic carbocycles. The molecule has 35 heavy (non-hydrogen) atoms. The highest BCUT2D eigenvalue weighted by Crippen LogP contribution is 2.42. The number of aliphatic hydroxyl groups is 1. The van der Waals surface area contributed by atoms with Crippen molar-refractivity contribution in [1.29, 1.82) is 0 Å². The van der Waals surface area contributed by atoms with Crippen LogP contribution < -0.4 is 16.8 Å². The second-order valence-corrected chi connectivity index (χ2v) is 9.52. The Morgan fingerprint density at radius 2 is 1.74 bits per heavy atom. The zero-order valence-electron chi connectivity index (χ0n) is 19.8. The SMILES string of the molecule is CC(C)(NC[C@H](O)[C@@H](Cc1cc(F)cc(F)c1)C1(C(N)=O)C=CC=C(C(N)=O)C1)c1ccccc1. The van der Waals surface area contributed by atoms with Gasteiger partial charge in [0.1, 0.15) is 11.6 Å². The second kappa shape index (κ2) is 10.5. The third-order valence-corrected chi connectivity index (χ3v) is 6.70. The molecule has 0 fully saturated rings. The van der Waals surface area contributed by atoms with E-state index in [1.54, 1.807) is 0 Å². The van der Waals surface area contributed by atoms with Gasteiger partial charge in [-0.3, -0.25) is 9.59 Å². The molecule has 1 aliphatic carbocycles. The largest absolute Gasteiger partial charge is 0.391 e. The highest BCUT2D eigenvalue weighted by atomic mass is 19.1. The number of carbonyl (C=O) groups is 2. The summed E-state index contributed by atoms with van der Waals surface area (Å²) in [6.45, 7) is 3.94. The number of nitrogens with two attached hydrogens (primary N) is 2. The van der Waals surface area contributed by atoms with Crippen molar-refractivity contribution in [3.8, 4) is 0 Å². The molecule has 1 aliphatic rings. The lowest BCUT2D eigenvalue weighted by Gasteiger charge is -2.41. The molecule has 6 nitrogen and oxygen atoms in total. The van der Waals surface area contributed by atoms with Crippen molar-refractivity contribution < 1.29 is 23.5 Å². The molecule has 8 heteroatoms. The van der Waals surface area contributed by atoms with Gasteiger partial charge in [-0.25, -0.2) is 8.78 Å². The molecule has 186 valence electrons.